The summed E-state index contributed by atoms with van der Waals surface area (Å²) >= 11 is 0. The van der Waals surface area contributed by atoms with Crippen molar-refractivity contribution >= 4 is 0 Å². The molecule has 0 radical (unpaired) electrons. The molecule has 0 aromatic heterocycles. The molecule has 0 N–H and O–H groups in total. The van der Waals surface area contributed by atoms with E-state index in [2.05, 4.69) is 0 Å². The van der Waals surface area contributed by atoms with E-state index in [1.54, 1.807) is 0 Å². The Morgan fingerprint density at radius 2 is 1.58 bits per heavy atom. The predicted octanol–water partition coefficient (Wildman–Crippen LogP) is 1.86. The zero-order chi connectivity index (χ0) is 12.4. The second kappa shape index (κ2) is 3.94. The summed E-state index contributed by atoms with van der Waals surface area (Å²) in [6.07, 6.45) is 9.24. The molecule has 106 valence electrons. The van der Waals surface area contributed by atoms with Crippen molar-refractivity contribution in [3.05, 3.63) is 0 Å². The average molecular weight is 266 g/mol. The van der Waals surface area contributed by atoms with Crippen LogP contribution < -0.4 is 0 Å². The van der Waals surface area contributed by atoms with E-state index in [-0.39, 0.29) is 11.7 Å². The number of rotatable bonds is 1. The van der Waals surface area contributed by atoms with Gasteiger partial charge in [0, 0.05) is 11.3 Å². The molecule has 3 heterocycles. The van der Waals surface area contributed by atoms with Gasteiger partial charge in [0.05, 0.1) is 37.6 Å². The molecule has 2 aliphatic carbocycles. The van der Waals surface area contributed by atoms with Crippen LogP contribution in [0.2, 0.25) is 0 Å². The minimum absolute atomic E-state index is 0.0219. The predicted molar refractivity (Wildman–Crippen MR) is 66.6 cm³/mol. The van der Waals surface area contributed by atoms with Crippen molar-refractivity contribution in [2.75, 3.05) is 13.2 Å². The zero-order valence-electron chi connectivity index (χ0n) is 11.3. The number of ether oxygens (including phenoxy) is 4. The minimum Gasteiger partial charge on any atom is -0.370 e. The van der Waals surface area contributed by atoms with Crippen LogP contribution in [0.1, 0.15) is 38.5 Å². The first-order valence-electron chi connectivity index (χ1n) is 7.86. The van der Waals surface area contributed by atoms with Crippen LogP contribution in [-0.4, -0.2) is 43.9 Å². The second-order valence-electron chi connectivity index (χ2n) is 7.23. The Labute approximate surface area is 113 Å². The van der Waals surface area contributed by atoms with Crippen LogP contribution in [0.25, 0.3) is 0 Å². The maximum Gasteiger partial charge on any atom is 0.160 e. The van der Waals surface area contributed by atoms with Crippen LogP contribution in [0.5, 0.6) is 0 Å². The standard InChI is InChI=1S/C15H22O4/c1-2-10-12(18-10)5-9(1)14-16-7-15(8-17-14)4-3-11-13(6-15)19-11/h9-14H,1-8H2/t9-,10+,11-,12-,13-,14?,15?/m1/s1. The van der Waals surface area contributed by atoms with Gasteiger partial charge in [0.15, 0.2) is 6.29 Å². The molecule has 5 fully saturated rings. The third kappa shape index (κ3) is 1.96. The highest BCUT2D eigenvalue weighted by Gasteiger charge is 2.53. The lowest BCUT2D eigenvalue weighted by Gasteiger charge is -2.43. The lowest BCUT2D eigenvalue weighted by Crippen LogP contribution is -2.47. The van der Waals surface area contributed by atoms with Crippen LogP contribution in [0, 0.1) is 11.3 Å². The number of fused-ring (bicyclic) bond motifs is 2. The van der Waals surface area contributed by atoms with Gasteiger partial charge < -0.3 is 18.9 Å². The first-order chi connectivity index (χ1) is 9.31. The SMILES string of the molecule is C1C[C@@H]2O[C@@H]2C[C@@H]1C1OCC2(CC[C@H]3O[C@@H]3C2)CO1. The summed E-state index contributed by atoms with van der Waals surface area (Å²) in [5.41, 5.74) is 0.251. The lowest BCUT2D eigenvalue weighted by atomic mass is 9.74. The van der Waals surface area contributed by atoms with Crippen molar-refractivity contribution in [3.63, 3.8) is 0 Å². The highest BCUT2D eigenvalue weighted by Crippen LogP contribution is 2.49. The normalized spacial score (nSPS) is 59.4. The van der Waals surface area contributed by atoms with Gasteiger partial charge in [-0.25, -0.2) is 0 Å². The van der Waals surface area contributed by atoms with Crippen LogP contribution >= 0.6 is 0 Å². The molecule has 0 aromatic carbocycles. The molecule has 3 aliphatic heterocycles. The molecule has 5 atom stereocenters. The smallest absolute Gasteiger partial charge is 0.160 e. The van der Waals surface area contributed by atoms with Gasteiger partial charge in [-0.2, -0.15) is 0 Å². The molecule has 0 bridgehead atoms. The van der Waals surface area contributed by atoms with Gasteiger partial charge in [-0.15, -0.1) is 0 Å². The van der Waals surface area contributed by atoms with E-state index in [0.29, 0.717) is 30.3 Å². The van der Waals surface area contributed by atoms with Gasteiger partial charge in [0.2, 0.25) is 0 Å². The van der Waals surface area contributed by atoms with Crippen molar-refractivity contribution < 1.29 is 18.9 Å². The minimum atomic E-state index is 0.0219. The summed E-state index contributed by atoms with van der Waals surface area (Å²) in [4.78, 5) is 0. The van der Waals surface area contributed by atoms with E-state index in [0.717, 1.165) is 26.1 Å². The van der Waals surface area contributed by atoms with Gasteiger partial charge in [-0.1, -0.05) is 0 Å². The molecule has 3 saturated heterocycles. The monoisotopic (exact) mass is 266 g/mol. The Balaban J connectivity index is 1.21. The summed E-state index contributed by atoms with van der Waals surface area (Å²) in [6, 6.07) is 0. The number of epoxide rings is 2. The van der Waals surface area contributed by atoms with Crippen molar-refractivity contribution in [2.24, 2.45) is 11.3 Å². The van der Waals surface area contributed by atoms with Crippen LogP contribution in [0.15, 0.2) is 0 Å². The lowest BCUT2D eigenvalue weighted by molar-refractivity contribution is -0.257. The fourth-order valence-electron chi connectivity index (χ4n) is 4.41. The van der Waals surface area contributed by atoms with Gasteiger partial charge >= 0.3 is 0 Å². The van der Waals surface area contributed by atoms with E-state index >= 15 is 0 Å². The summed E-state index contributed by atoms with van der Waals surface area (Å²) in [5, 5.41) is 0. The number of hydrogen-bond donors (Lipinski definition) is 0. The summed E-state index contributed by atoms with van der Waals surface area (Å²) in [6.45, 7) is 1.74. The van der Waals surface area contributed by atoms with Gasteiger partial charge in [-0.3, -0.25) is 0 Å². The molecule has 4 nitrogen and oxygen atoms in total. The fourth-order valence-corrected chi connectivity index (χ4v) is 4.41. The molecule has 19 heavy (non-hydrogen) atoms. The first-order valence-corrected chi connectivity index (χ1v) is 7.86. The maximum atomic E-state index is 6.11. The fraction of sp³-hybridized carbons (Fsp3) is 1.00. The second-order valence-corrected chi connectivity index (χ2v) is 7.23. The van der Waals surface area contributed by atoms with Crippen LogP contribution in [-0.2, 0) is 18.9 Å². The topological polar surface area (TPSA) is 43.5 Å². The van der Waals surface area contributed by atoms with Crippen molar-refractivity contribution in [1.82, 2.24) is 0 Å². The van der Waals surface area contributed by atoms with E-state index in [4.69, 9.17) is 18.9 Å². The molecular formula is C15H22O4. The molecule has 0 amide bonds. The molecular weight excluding hydrogens is 244 g/mol. The molecule has 5 aliphatic rings. The summed E-state index contributed by atoms with van der Waals surface area (Å²) < 4.78 is 23.5. The Morgan fingerprint density at radius 1 is 0.789 bits per heavy atom. The van der Waals surface area contributed by atoms with Gasteiger partial charge in [0.1, 0.15) is 0 Å². The van der Waals surface area contributed by atoms with Crippen LogP contribution in [0.4, 0.5) is 0 Å². The molecule has 5 rings (SSSR count). The number of hydrogen-bond acceptors (Lipinski definition) is 4. The van der Waals surface area contributed by atoms with E-state index in [1.165, 1.54) is 25.7 Å². The van der Waals surface area contributed by atoms with Crippen molar-refractivity contribution in [2.45, 2.75) is 69.2 Å². The molecule has 0 aromatic rings. The Morgan fingerprint density at radius 3 is 2.37 bits per heavy atom. The third-order valence-electron chi connectivity index (χ3n) is 5.82. The van der Waals surface area contributed by atoms with Crippen molar-refractivity contribution in [3.8, 4) is 0 Å². The highest BCUT2D eigenvalue weighted by molar-refractivity contribution is 5.00. The first kappa shape index (κ1) is 11.5. The average Bonchev–Trinajstić information content (AvgIpc) is 3.33. The van der Waals surface area contributed by atoms with Gasteiger partial charge in [0.25, 0.3) is 0 Å². The molecule has 0 unspecified atom stereocenters. The van der Waals surface area contributed by atoms with E-state index < -0.39 is 0 Å². The highest BCUT2D eigenvalue weighted by atomic mass is 16.7. The summed E-state index contributed by atoms with van der Waals surface area (Å²) in [5.74, 6) is 0.551. The summed E-state index contributed by atoms with van der Waals surface area (Å²) in [7, 11) is 0. The Kier molecular flexibility index (Phi) is 2.38. The molecule has 2 saturated carbocycles. The largest absolute Gasteiger partial charge is 0.370 e. The Hall–Kier alpha value is -0.160. The molecule has 4 heteroatoms. The third-order valence-corrected chi connectivity index (χ3v) is 5.82. The van der Waals surface area contributed by atoms with Gasteiger partial charge in [-0.05, 0) is 38.5 Å². The van der Waals surface area contributed by atoms with E-state index in [1.807, 2.05) is 0 Å². The van der Waals surface area contributed by atoms with E-state index in [9.17, 15) is 0 Å². The van der Waals surface area contributed by atoms with Crippen LogP contribution in [0.3, 0.4) is 0 Å². The van der Waals surface area contributed by atoms with Crippen molar-refractivity contribution in [1.29, 1.82) is 0 Å². The molecule has 1 spiro atoms. The quantitative estimate of drug-likeness (QED) is 0.680. The maximum absolute atomic E-state index is 6.11. The zero-order valence-corrected chi connectivity index (χ0v) is 11.3. The Bertz CT molecular complexity index is 376.